The Morgan fingerprint density at radius 3 is 1.45 bits per heavy atom. The van der Waals surface area contributed by atoms with Crippen LogP contribution in [0.25, 0.3) is 66.5 Å². The van der Waals surface area contributed by atoms with Gasteiger partial charge in [-0.15, -0.1) is 0 Å². The van der Waals surface area contributed by atoms with Gasteiger partial charge in [-0.25, -0.2) is 19.8 Å². The Kier molecular flexibility index (Phi) is 7.01. The minimum Gasteiger partial charge on any atom is -0.309 e. The Balaban J connectivity index is 1.49. The van der Waals surface area contributed by atoms with Crippen LogP contribution in [0, 0.1) is 6.57 Å². The van der Waals surface area contributed by atoms with Gasteiger partial charge in [0.2, 0.25) is 0 Å². The summed E-state index contributed by atoms with van der Waals surface area (Å²) in [5.74, 6) is 0.879. The maximum atomic E-state index is 13.7. The van der Waals surface area contributed by atoms with E-state index in [1.54, 1.807) is 16.7 Å². The fourth-order valence-corrected chi connectivity index (χ4v) is 5.52. The maximum absolute atomic E-state index is 13.7. The van der Waals surface area contributed by atoms with Crippen LogP contribution in [-0.2, 0) is 12.4 Å². The number of halogens is 6. The summed E-state index contributed by atoms with van der Waals surface area (Å²) < 4.78 is 83.9. The lowest BCUT2D eigenvalue weighted by molar-refractivity contribution is -0.138. The molecule has 47 heavy (non-hydrogen) atoms. The van der Waals surface area contributed by atoms with Gasteiger partial charge in [0.25, 0.3) is 0 Å². The average molecular weight is 636 g/mol. The second-order valence-electron chi connectivity index (χ2n) is 10.6. The highest BCUT2D eigenvalue weighted by molar-refractivity contribution is 6.10. The summed E-state index contributed by atoms with van der Waals surface area (Å²) in [7, 11) is 0. The van der Waals surface area contributed by atoms with Gasteiger partial charge in [-0.2, -0.15) is 26.3 Å². The molecule has 7 rings (SSSR count). The summed E-state index contributed by atoms with van der Waals surface area (Å²) in [5, 5.41) is -0.00996. The van der Waals surface area contributed by atoms with Gasteiger partial charge in [-0.05, 0) is 48.5 Å². The highest BCUT2D eigenvalue weighted by Crippen LogP contribution is 2.41. The van der Waals surface area contributed by atoms with Crippen molar-refractivity contribution in [2.45, 2.75) is 12.4 Å². The van der Waals surface area contributed by atoms with E-state index in [0.29, 0.717) is 34.0 Å². The lowest BCUT2D eigenvalue weighted by Crippen LogP contribution is -2.04. The van der Waals surface area contributed by atoms with Crippen molar-refractivity contribution in [2.24, 2.45) is 0 Å². The number of fused-ring (bicyclic) bond motifs is 3. The smallest absolute Gasteiger partial charge is 0.309 e. The molecule has 0 aliphatic rings. The zero-order valence-corrected chi connectivity index (χ0v) is 24.0. The minimum absolute atomic E-state index is 0.00498. The van der Waals surface area contributed by atoms with Crippen molar-refractivity contribution in [2.75, 3.05) is 0 Å². The molecule has 0 spiro atoms. The van der Waals surface area contributed by atoms with E-state index in [1.807, 2.05) is 60.7 Å². The van der Waals surface area contributed by atoms with Gasteiger partial charge >= 0.3 is 12.4 Å². The van der Waals surface area contributed by atoms with Crippen molar-refractivity contribution in [1.82, 2.24) is 19.5 Å². The van der Waals surface area contributed by atoms with Crippen LogP contribution in [0.3, 0.4) is 0 Å². The summed E-state index contributed by atoms with van der Waals surface area (Å²) in [6, 6.07) is 29.1. The van der Waals surface area contributed by atoms with Crippen molar-refractivity contribution < 1.29 is 26.3 Å². The second kappa shape index (κ2) is 11.1. The Morgan fingerprint density at radius 2 is 1.00 bits per heavy atom. The topological polar surface area (TPSA) is 48.0 Å². The van der Waals surface area contributed by atoms with Crippen LogP contribution in [0.1, 0.15) is 11.1 Å². The molecule has 0 amide bonds. The molecule has 0 N–H and O–H groups in total. The summed E-state index contributed by atoms with van der Waals surface area (Å²) in [6.45, 7) is 7.87. The lowest BCUT2D eigenvalue weighted by Gasteiger charge is -2.13. The van der Waals surface area contributed by atoms with E-state index in [0.717, 1.165) is 24.3 Å². The van der Waals surface area contributed by atoms with Gasteiger partial charge in [0, 0.05) is 33.2 Å². The van der Waals surface area contributed by atoms with E-state index in [4.69, 9.17) is 16.5 Å². The number of hydrogen-bond acceptors (Lipinski definition) is 3. The lowest BCUT2D eigenvalue weighted by atomic mass is 10.1. The highest BCUT2D eigenvalue weighted by atomic mass is 19.4. The zero-order chi connectivity index (χ0) is 32.9. The van der Waals surface area contributed by atoms with E-state index in [1.165, 1.54) is 18.2 Å². The standard InChI is InChI=1S/C36H19F6N5/c1-43-29-15-14-25(20-28(29)34-45-32(21-8-4-2-5-9-21)44-33(46-34)22-10-6-3-7-11-22)47-30-16-12-23(35(37,38)39)18-26(30)27-19-24(36(40,41)42)13-17-31(27)47/h2-20H. The van der Waals surface area contributed by atoms with Gasteiger partial charge in [0.1, 0.15) is 0 Å². The fraction of sp³-hybridized carbons (Fsp3) is 0.0556. The first-order valence-electron chi connectivity index (χ1n) is 14.1. The summed E-state index contributed by atoms with van der Waals surface area (Å²) in [5.41, 5.74) is 0.818. The molecule has 230 valence electrons. The second-order valence-corrected chi connectivity index (χ2v) is 10.6. The van der Waals surface area contributed by atoms with Crippen molar-refractivity contribution in [1.29, 1.82) is 0 Å². The Hall–Kier alpha value is -6.02. The monoisotopic (exact) mass is 635 g/mol. The predicted molar refractivity (Wildman–Crippen MR) is 167 cm³/mol. The minimum atomic E-state index is -4.71. The molecule has 0 saturated heterocycles. The van der Waals surface area contributed by atoms with E-state index < -0.39 is 23.5 Å². The zero-order valence-electron chi connectivity index (χ0n) is 24.0. The Morgan fingerprint density at radius 1 is 0.532 bits per heavy atom. The van der Waals surface area contributed by atoms with Gasteiger partial charge in [0.05, 0.1) is 28.7 Å². The van der Waals surface area contributed by atoms with Gasteiger partial charge in [-0.1, -0.05) is 66.7 Å². The predicted octanol–water partition coefficient (Wildman–Crippen LogP) is 10.6. The van der Waals surface area contributed by atoms with E-state index >= 15 is 0 Å². The summed E-state index contributed by atoms with van der Waals surface area (Å²) in [4.78, 5) is 17.8. The van der Waals surface area contributed by atoms with Crippen LogP contribution in [0.5, 0.6) is 0 Å². The number of alkyl halides is 6. The number of hydrogen-bond donors (Lipinski definition) is 0. The molecule has 0 unspecified atom stereocenters. The van der Waals surface area contributed by atoms with Gasteiger partial charge in [-0.3, -0.25) is 0 Å². The van der Waals surface area contributed by atoms with Crippen LogP contribution in [-0.4, -0.2) is 19.5 Å². The van der Waals surface area contributed by atoms with Crippen LogP contribution in [0.15, 0.2) is 115 Å². The van der Waals surface area contributed by atoms with Crippen molar-refractivity contribution >= 4 is 27.5 Å². The summed E-state index contributed by atoms with van der Waals surface area (Å²) in [6.07, 6.45) is -9.42. The van der Waals surface area contributed by atoms with E-state index in [9.17, 15) is 26.3 Å². The van der Waals surface area contributed by atoms with E-state index in [-0.39, 0.29) is 33.3 Å². The van der Waals surface area contributed by atoms with Crippen molar-refractivity contribution in [3.8, 4) is 39.9 Å². The number of rotatable bonds is 4. The number of nitrogens with zero attached hydrogens (tertiary/aromatic N) is 5. The molecule has 5 nitrogen and oxygen atoms in total. The normalized spacial score (nSPS) is 12.0. The molecule has 2 aromatic heterocycles. The average Bonchev–Trinajstić information content (AvgIpc) is 3.41. The first-order chi connectivity index (χ1) is 22.5. The third-order valence-electron chi connectivity index (χ3n) is 7.72. The van der Waals surface area contributed by atoms with Gasteiger partial charge < -0.3 is 4.57 Å². The Labute approximate surface area is 263 Å². The molecule has 5 aromatic carbocycles. The Bertz CT molecular complexity index is 2210. The first-order valence-corrected chi connectivity index (χ1v) is 14.1. The van der Waals surface area contributed by atoms with Crippen molar-refractivity contribution in [3.63, 3.8) is 0 Å². The SMILES string of the molecule is [C-]#[N+]c1ccc(-n2c3ccc(C(F)(F)F)cc3c3cc(C(F)(F)F)ccc32)cc1-c1nc(-c2ccccc2)nc(-c2ccccc2)n1. The number of benzene rings is 5. The van der Waals surface area contributed by atoms with Crippen LogP contribution >= 0.6 is 0 Å². The molecular weight excluding hydrogens is 616 g/mol. The molecule has 0 atom stereocenters. The summed E-state index contributed by atoms with van der Waals surface area (Å²) >= 11 is 0. The maximum Gasteiger partial charge on any atom is 0.416 e. The molecule has 0 aliphatic carbocycles. The molecule has 0 bridgehead atoms. The molecule has 2 heterocycles. The third-order valence-corrected chi connectivity index (χ3v) is 7.72. The highest BCUT2D eigenvalue weighted by Gasteiger charge is 2.33. The molecule has 11 heteroatoms. The van der Waals surface area contributed by atoms with Crippen LogP contribution < -0.4 is 0 Å². The largest absolute Gasteiger partial charge is 0.416 e. The molecule has 0 saturated carbocycles. The van der Waals surface area contributed by atoms with E-state index in [2.05, 4.69) is 9.83 Å². The molecule has 7 aromatic rings. The quantitative estimate of drug-likeness (QED) is 0.143. The third kappa shape index (κ3) is 5.44. The van der Waals surface area contributed by atoms with Gasteiger partial charge in [0.15, 0.2) is 23.2 Å². The van der Waals surface area contributed by atoms with Crippen molar-refractivity contribution in [3.05, 3.63) is 138 Å². The van der Waals surface area contributed by atoms with Crippen LogP contribution in [0.2, 0.25) is 0 Å². The molecule has 0 fully saturated rings. The number of aromatic nitrogens is 4. The molecule has 0 aliphatic heterocycles. The fourth-order valence-electron chi connectivity index (χ4n) is 5.52. The van der Waals surface area contributed by atoms with Crippen LogP contribution in [0.4, 0.5) is 32.0 Å². The molecule has 0 radical (unpaired) electrons. The first kappa shape index (κ1) is 29.7. The molecular formula is C36H19F6N5.